The van der Waals surface area contributed by atoms with E-state index in [4.69, 9.17) is 4.74 Å². The number of nitrogens with zero attached hydrogens (tertiary/aromatic N) is 1. The summed E-state index contributed by atoms with van der Waals surface area (Å²) in [5.74, 6) is 0.277. The molecule has 0 bridgehead atoms. The van der Waals surface area contributed by atoms with Crippen molar-refractivity contribution in [3.8, 4) is 5.75 Å². The molecule has 1 fully saturated rings. The number of nitrogens with one attached hydrogen (secondary N) is 2. The number of carbonyl (C=O) groups is 2. The third kappa shape index (κ3) is 4.11. The van der Waals surface area contributed by atoms with Crippen molar-refractivity contribution in [2.45, 2.75) is 19.4 Å². The van der Waals surface area contributed by atoms with E-state index in [0.717, 1.165) is 12.0 Å². The average molecular weight is 357 g/mol. The lowest BCUT2D eigenvalue weighted by Crippen LogP contribution is -2.28. The summed E-state index contributed by atoms with van der Waals surface area (Å²) in [5, 5.41) is 5.42. The molecule has 0 spiro atoms. The van der Waals surface area contributed by atoms with E-state index in [0.29, 0.717) is 30.1 Å². The maximum atomic E-state index is 12.9. The van der Waals surface area contributed by atoms with Crippen LogP contribution in [0.15, 0.2) is 42.5 Å². The zero-order chi connectivity index (χ0) is 18.5. The van der Waals surface area contributed by atoms with E-state index < -0.39 is 0 Å². The quantitative estimate of drug-likeness (QED) is 0.863. The minimum absolute atomic E-state index is 0.0704. The lowest BCUT2D eigenvalue weighted by molar-refractivity contribution is -0.117. The number of carbonyl (C=O) groups excluding carboxylic acids is 2. The largest absolute Gasteiger partial charge is 0.494 e. The lowest BCUT2D eigenvalue weighted by Gasteiger charge is -2.19. The van der Waals surface area contributed by atoms with E-state index in [1.54, 1.807) is 35.2 Å². The summed E-state index contributed by atoms with van der Waals surface area (Å²) in [6.07, 6.45) is 1.36. The van der Waals surface area contributed by atoms with Crippen LogP contribution in [0, 0.1) is 5.82 Å². The van der Waals surface area contributed by atoms with Crippen molar-refractivity contribution in [1.29, 1.82) is 0 Å². The molecule has 2 N–H and O–H groups in total. The summed E-state index contributed by atoms with van der Waals surface area (Å²) in [6.45, 7) is 0.948. The van der Waals surface area contributed by atoms with Crippen molar-refractivity contribution < 1.29 is 18.7 Å². The highest BCUT2D eigenvalue weighted by molar-refractivity contribution is 5.97. The van der Waals surface area contributed by atoms with Crippen molar-refractivity contribution in [3.05, 3.63) is 53.8 Å². The Morgan fingerprint density at radius 1 is 1.23 bits per heavy atom. The van der Waals surface area contributed by atoms with Crippen molar-refractivity contribution >= 4 is 23.3 Å². The molecule has 0 aromatic heterocycles. The fourth-order valence-electron chi connectivity index (χ4n) is 2.84. The third-order valence-corrected chi connectivity index (χ3v) is 4.17. The standard InChI is InChI=1S/C19H20FN3O3/c1-26-17-11-15(8-9-16(17)23-10-2-3-18(23)24)22-19(25)21-12-13-4-6-14(20)7-5-13/h4-9,11H,2-3,10,12H2,1H3,(H2,21,22,25). The van der Waals surface area contributed by atoms with Crippen molar-refractivity contribution in [3.63, 3.8) is 0 Å². The Labute approximate surface area is 150 Å². The molecule has 0 saturated carbocycles. The van der Waals surface area contributed by atoms with Crippen molar-refractivity contribution in [1.82, 2.24) is 5.32 Å². The summed E-state index contributed by atoms with van der Waals surface area (Å²) in [6, 6.07) is 10.7. The Kier molecular flexibility index (Phi) is 5.36. The van der Waals surface area contributed by atoms with Gasteiger partial charge in [0.1, 0.15) is 11.6 Å². The van der Waals surface area contributed by atoms with E-state index in [1.165, 1.54) is 19.2 Å². The Morgan fingerprint density at radius 3 is 2.65 bits per heavy atom. The maximum Gasteiger partial charge on any atom is 0.319 e. The minimum atomic E-state index is -0.388. The first-order valence-corrected chi connectivity index (χ1v) is 8.34. The molecule has 1 saturated heterocycles. The van der Waals surface area contributed by atoms with E-state index in [9.17, 15) is 14.0 Å². The summed E-state index contributed by atoms with van der Waals surface area (Å²) in [4.78, 5) is 25.6. The van der Waals surface area contributed by atoms with Gasteiger partial charge in [0.25, 0.3) is 0 Å². The molecule has 0 unspecified atom stereocenters. The number of urea groups is 1. The fourth-order valence-corrected chi connectivity index (χ4v) is 2.84. The molecule has 2 aromatic carbocycles. The first kappa shape index (κ1) is 17.7. The zero-order valence-corrected chi connectivity index (χ0v) is 14.4. The number of anilines is 2. The number of amides is 3. The molecule has 26 heavy (non-hydrogen) atoms. The van der Waals surface area contributed by atoms with Gasteiger partial charge in [-0.2, -0.15) is 0 Å². The number of methoxy groups -OCH3 is 1. The second-order valence-corrected chi connectivity index (χ2v) is 5.97. The van der Waals surface area contributed by atoms with Gasteiger partial charge in [0.2, 0.25) is 5.91 Å². The first-order valence-electron chi connectivity index (χ1n) is 8.34. The van der Waals surface area contributed by atoms with Gasteiger partial charge < -0.3 is 20.3 Å². The number of ether oxygens (including phenoxy) is 1. The summed E-state index contributed by atoms with van der Waals surface area (Å²) in [5.41, 5.74) is 2.04. The normalized spacial score (nSPS) is 13.6. The zero-order valence-electron chi connectivity index (χ0n) is 14.4. The summed E-state index contributed by atoms with van der Waals surface area (Å²) >= 11 is 0. The van der Waals surface area contributed by atoms with E-state index in [1.807, 2.05) is 0 Å². The molecule has 1 heterocycles. The van der Waals surface area contributed by atoms with Crippen LogP contribution in [-0.2, 0) is 11.3 Å². The van der Waals surface area contributed by atoms with Gasteiger partial charge in [-0.1, -0.05) is 12.1 Å². The third-order valence-electron chi connectivity index (χ3n) is 4.17. The predicted molar refractivity (Wildman–Crippen MR) is 96.8 cm³/mol. The number of benzene rings is 2. The van der Waals surface area contributed by atoms with Crippen molar-refractivity contribution in [2.75, 3.05) is 23.9 Å². The van der Waals surface area contributed by atoms with Crippen LogP contribution in [0.3, 0.4) is 0 Å². The first-order chi connectivity index (χ1) is 12.6. The van der Waals surface area contributed by atoms with Gasteiger partial charge in [0.15, 0.2) is 0 Å². The average Bonchev–Trinajstić information content (AvgIpc) is 3.07. The van der Waals surface area contributed by atoms with Crippen LogP contribution < -0.4 is 20.3 Å². The highest BCUT2D eigenvalue weighted by atomic mass is 19.1. The van der Waals surface area contributed by atoms with Crippen LogP contribution in [0.5, 0.6) is 5.75 Å². The summed E-state index contributed by atoms with van der Waals surface area (Å²) < 4.78 is 18.2. The molecule has 0 atom stereocenters. The molecule has 0 aliphatic carbocycles. The van der Waals surface area contributed by atoms with Crippen LogP contribution >= 0.6 is 0 Å². The Morgan fingerprint density at radius 2 is 2.00 bits per heavy atom. The predicted octanol–water partition coefficient (Wildman–Crippen LogP) is 3.28. The van der Waals surface area contributed by atoms with E-state index in [2.05, 4.69) is 10.6 Å². The molecule has 1 aliphatic heterocycles. The van der Waals surface area contributed by atoms with Crippen LogP contribution in [0.1, 0.15) is 18.4 Å². The molecule has 136 valence electrons. The summed E-state index contributed by atoms with van der Waals surface area (Å²) in [7, 11) is 1.53. The number of rotatable bonds is 5. The molecular weight excluding hydrogens is 337 g/mol. The van der Waals surface area contributed by atoms with E-state index in [-0.39, 0.29) is 24.3 Å². The minimum Gasteiger partial charge on any atom is -0.494 e. The van der Waals surface area contributed by atoms with Crippen molar-refractivity contribution in [2.24, 2.45) is 0 Å². The Hall–Kier alpha value is -3.09. The van der Waals surface area contributed by atoms with Crippen LogP contribution in [0.2, 0.25) is 0 Å². The van der Waals surface area contributed by atoms with Gasteiger partial charge in [-0.25, -0.2) is 9.18 Å². The van der Waals surface area contributed by atoms with Gasteiger partial charge in [0.05, 0.1) is 12.8 Å². The number of hydrogen-bond acceptors (Lipinski definition) is 3. The molecule has 7 heteroatoms. The lowest BCUT2D eigenvalue weighted by atomic mass is 10.2. The molecule has 0 radical (unpaired) electrons. The molecule has 6 nitrogen and oxygen atoms in total. The van der Waals surface area contributed by atoms with Gasteiger partial charge in [-0.3, -0.25) is 4.79 Å². The second-order valence-electron chi connectivity index (χ2n) is 5.97. The molecule has 3 rings (SSSR count). The number of hydrogen-bond donors (Lipinski definition) is 2. The van der Waals surface area contributed by atoms with E-state index >= 15 is 0 Å². The highest BCUT2D eigenvalue weighted by Crippen LogP contribution is 2.33. The molecule has 3 amide bonds. The SMILES string of the molecule is COc1cc(NC(=O)NCc2ccc(F)cc2)ccc1N1CCCC1=O. The van der Waals surface area contributed by atoms with Gasteiger partial charge in [-0.15, -0.1) is 0 Å². The second kappa shape index (κ2) is 7.86. The van der Waals surface area contributed by atoms with Gasteiger partial charge in [0, 0.05) is 31.3 Å². The number of halogens is 1. The Bertz CT molecular complexity index is 808. The van der Waals surface area contributed by atoms with Crippen LogP contribution in [0.4, 0.5) is 20.6 Å². The van der Waals surface area contributed by atoms with Gasteiger partial charge in [-0.05, 0) is 36.2 Å². The van der Waals surface area contributed by atoms with Crippen LogP contribution in [-0.4, -0.2) is 25.6 Å². The topological polar surface area (TPSA) is 70.7 Å². The fraction of sp³-hybridized carbons (Fsp3) is 0.263. The van der Waals surface area contributed by atoms with Gasteiger partial charge >= 0.3 is 6.03 Å². The molecular formula is C19H20FN3O3. The molecule has 1 aliphatic rings. The monoisotopic (exact) mass is 357 g/mol. The Balaban J connectivity index is 1.63. The smallest absolute Gasteiger partial charge is 0.319 e. The molecule has 2 aromatic rings. The van der Waals surface area contributed by atoms with Crippen LogP contribution in [0.25, 0.3) is 0 Å². The highest BCUT2D eigenvalue weighted by Gasteiger charge is 2.24. The maximum absolute atomic E-state index is 12.9.